The van der Waals surface area contributed by atoms with E-state index in [-0.39, 0.29) is 23.8 Å². The van der Waals surface area contributed by atoms with Gasteiger partial charge in [0, 0.05) is 26.1 Å². The maximum Gasteiger partial charge on any atom is 0.220 e. The van der Waals surface area contributed by atoms with Crippen LogP contribution in [0.1, 0.15) is 31.4 Å². The van der Waals surface area contributed by atoms with Crippen LogP contribution in [0.25, 0.3) is 0 Å². The van der Waals surface area contributed by atoms with E-state index in [1.54, 1.807) is 13.8 Å². The van der Waals surface area contributed by atoms with Crippen molar-refractivity contribution in [3.63, 3.8) is 0 Å². The number of carbonyl (C=O) groups is 2. The van der Waals surface area contributed by atoms with E-state index >= 15 is 0 Å². The summed E-state index contributed by atoms with van der Waals surface area (Å²) in [7, 11) is 0. The van der Waals surface area contributed by atoms with E-state index in [2.05, 4.69) is 11.4 Å². The van der Waals surface area contributed by atoms with Gasteiger partial charge in [0.05, 0.1) is 6.04 Å². The van der Waals surface area contributed by atoms with Crippen molar-refractivity contribution >= 4 is 11.7 Å². The minimum atomic E-state index is -0.112. The summed E-state index contributed by atoms with van der Waals surface area (Å²) >= 11 is 0. The Labute approximate surface area is 120 Å². The van der Waals surface area contributed by atoms with E-state index in [1.165, 1.54) is 5.56 Å². The Kier molecular flexibility index (Phi) is 4.55. The summed E-state index contributed by atoms with van der Waals surface area (Å²) in [6.07, 6.45) is 0.709. The Morgan fingerprint density at radius 3 is 2.65 bits per heavy atom. The molecule has 1 aliphatic heterocycles. The van der Waals surface area contributed by atoms with Gasteiger partial charge in [-0.1, -0.05) is 29.8 Å². The summed E-state index contributed by atoms with van der Waals surface area (Å²) in [6, 6.07) is 8.18. The first-order chi connectivity index (χ1) is 9.47. The predicted molar refractivity (Wildman–Crippen MR) is 78.3 cm³/mol. The number of amides is 1. The van der Waals surface area contributed by atoms with E-state index in [9.17, 15) is 9.59 Å². The molecule has 1 N–H and O–H groups in total. The third-order valence-corrected chi connectivity index (χ3v) is 3.88. The molecule has 0 saturated carbocycles. The lowest BCUT2D eigenvalue weighted by atomic mass is 10.1. The third kappa shape index (κ3) is 3.45. The molecular weight excluding hydrogens is 252 g/mol. The number of hydrogen-bond donors (Lipinski definition) is 1. The zero-order chi connectivity index (χ0) is 14.7. The number of benzene rings is 1. The topological polar surface area (TPSA) is 49.4 Å². The van der Waals surface area contributed by atoms with Crippen molar-refractivity contribution in [3.8, 4) is 0 Å². The van der Waals surface area contributed by atoms with Crippen LogP contribution in [-0.2, 0) is 16.1 Å². The van der Waals surface area contributed by atoms with E-state index in [0.717, 1.165) is 5.56 Å². The van der Waals surface area contributed by atoms with Crippen molar-refractivity contribution in [3.05, 3.63) is 35.4 Å². The number of carbonyl (C=O) groups excluding carboxylic acids is 2. The normalized spacial score (nSPS) is 21.8. The van der Waals surface area contributed by atoms with Gasteiger partial charge >= 0.3 is 0 Å². The summed E-state index contributed by atoms with van der Waals surface area (Å²) in [6.45, 7) is 6.53. The van der Waals surface area contributed by atoms with E-state index < -0.39 is 0 Å². The van der Waals surface area contributed by atoms with Crippen LogP contribution >= 0.6 is 0 Å². The number of ketones is 1. The van der Waals surface area contributed by atoms with Crippen LogP contribution in [0.15, 0.2) is 24.3 Å². The summed E-state index contributed by atoms with van der Waals surface area (Å²) in [5.41, 5.74) is 2.32. The molecule has 108 valence electrons. The second kappa shape index (κ2) is 6.18. The van der Waals surface area contributed by atoms with Gasteiger partial charge in [-0.05, 0) is 25.8 Å². The highest BCUT2D eigenvalue weighted by Gasteiger charge is 2.32. The SMILES string of the molecule is CC(=O)C1CC(N(Cc2cccc(C)c2)C(C)=O)CN1. The number of nitrogens with one attached hydrogen (secondary N) is 1. The van der Waals surface area contributed by atoms with Crippen molar-refractivity contribution in [1.82, 2.24) is 10.2 Å². The second-order valence-electron chi connectivity index (χ2n) is 5.60. The molecule has 1 saturated heterocycles. The molecule has 20 heavy (non-hydrogen) atoms. The van der Waals surface area contributed by atoms with Crippen molar-refractivity contribution in [2.75, 3.05) is 6.54 Å². The van der Waals surface area contributed by atoms with Gasteiger partial charge < -0.3 is 10.2 Å². The van der Waals surface area contributed by atoms with E-state index in [0.29, 0.717) is 19.5 Å². The van der Waals surface area contributed by atoms with Crippen molar-refractivity contribution in [2.45, 2.75) is 45.8 Å². The van der Waals surface area contributed by atoms with Gasteiger partial charge in [-0.25, -0.2) is 0 Å². The zero-order valence-electron chi connectivity index (χ0n) is 12.3. The lowest BCUT2D eigenvalue weighted by molar-refractivity contribution is -0.131. The molecule has 2 unspecified atom stereocenters. The fourth-order valence-electron chi connectivity index (χ4n) is 2.77. The van der Waals surface area contributed by atoms with Crippen LogP contribution in [-0.4, -0.2) is 35.2 Å². The molecule has 4 nitrogen and oxygen atoms in total. The molecule has 1 heterocycles. The fourth-order valence-corrected chi connectivity index (χ4v) is 2.77. The minimum absolute atomic E-state index is 0.0579. The van der Waals surface area contributed by atoms with Crippen molar-refractivity contribution < 1.29 is 9.59 Å². The van der Waals surface area contributed by atoms with Gasteiger partial charge in [0.15, 0.2) is 0 Å². The van der Waals surface area contributed by atoms with Crippen LogP contribution in [0, 0.1) is 6.92 Å². The maximum atomic E-state index is 11.9. The molecular formula is C16H22N2O2. The molecule has 1 aromatic carbocycles. The van der Waals surface area contributed by atoms with E-state index in [4.69, 9.17) is 0 Å². The molecule has 1 aliphatic rings. The van der Waals surface area contributed by atoms with Crippen LogP contribution in [0.5, 0.6) is 0 Å². The molecule has 0 aromatic heterocycles. The lowest BCUT2D eigenvalue weighted by Crippen LogP contribution is -2.39. The third-order valence-electron chi connectivity index (χ3n) is 3.88. The quantitative estimate of drug-likeness (QED) is 0.908. The summed E-state index contributed by atoms with van der Waals surface area (Å²) in [4.78, 5) is 25.2. The Hall–Kier alpha value is -1.68. The fraction of sp³-hybridized carbons (Fsp3) is 0.500. The highest BCUT2D eigenvalue weighted by molar-refractivity contribution is 5.82. The van der Waals surface area contributed by atoms with Gasteiger partial charge in [0.25, 0.3) is 0 Å². The highest BCUT2D eigenvalue weighted by atomic mass is 16.2. The van der Waals surface area contributed by atoms with Gasteiger partial charge in [0.1, 0.15) is 5.78 Å². The molecule has 4 heteroatoms. The Morgan fingerprint density at radius 2 is 2.10 bits per heavy atom. The monoisotopic (exact) mass is 274 g/mol. The van der Waals surface area contributed by atoms with Crippen molar-refractivity contribution in [2.24, 2.45) is 0 Å². The number of hydrogen-bond acceptors (Lipinski definition) is 3. The maximum absolute atomic E-state index is 11.9. The Bertz CT molecular complexity index is 513. The molecule has 2 atom stereocenters. The molecule has 1 aromatic rings. The minimum Gasteiger partial charge on any atom is -0.334 e. The molecule has 1 amide bonds. The highest BCUT2D eigenvalue weighted by Crippen LogP contribution is 2.18. The standard InChI is InChI=1S/C16H22N2O2/c1-11-5-4-6-14(7-11)10-18(13(3)20)15-8-16(12(2)19)17-9-15/h4-7,15-17H,8-10H2,1-3H3. The Morgan fingerprint density at radius 1 is 1.35 bits per heavy atom. The first kappa shape index (κ1) is 14.7. The van der Waals surface area contributed by atoms with Crippen LogP contribution in [0.2, 0.25) is 0 Å². The van der Waals surface area contributed by atoms with Gasteiger partial charge in [-0.2, -0.15) is 0 Å². The number of rotatable bonds is 4. The zero-order valence-corrected chi connectivity index (χ0v) is 12.3. The molecule has 0 radical (unpaired) electrons. The first-order valence-electron chi connectivity index (χ1n) is 7.04. The molecule has 2 rings (SSSR count). The molecule has 0 bridgehead atoms. The lowest BCUT2D eigenvalue weighted by Gasteiger charge is -2.27. The Balaban J connectivity index is 2.08. The largest absolute Gasteiger partial charge is 0.334 e. The van der Waals surface area contributed by atoms with Gasteiger partial charge in [0.2, 0.25) is 5.91 Å². The molecule has 0 spiro atoms. The van der Waals surface area contributed by atoms with Gasteiger partial charge in [-0.3, -0.25) is 9.59 Å². The number of nitrogens with zero attached hydrogens (tertiary/aromatic N) is 1. The summed E-state index contributed by atoms with van der Waals surface area (Å²) in [5.74, 6) is 0.203. The molecule has 1 fully saturated rings. The van der Waals surface area contributed by atoms with E-state index in [1.807, 2.05) is 30.0 Å². The number of aryl methyl sites for hydroxylation is 1. The first-order valence-corrected chi connectivity index (χ1v) is 7.04. The average Bonchev–Trinajstić information content (AvgIpc) is 2.85. The number of Topliss-reactive ketones (excluding diaryl/α,β-unsaturated/α-hetero) is 1. The summed E-state index contributed by atoms with van der Waals surface area (Å²) < 4.78 is 0. The van der Waals surface area contributed by atoms with Crippen LogP contribution in [0.4, 0.5) is 0 Å². The van der Waals surface area contributed by atoms with Gasteiger partial charge in [-0.15, -0.1) is 0 Å². The van der Waals surface area contributed by atoms with Crippen LogP contribution in [0.3, 0.4) is 0 Å². The smallest absolute Gasteiger partial charge is 0.220 e. The second-order valence-corrected chi connectivity index (χ2v) is 5.60. The predicted octanol–water partition coefficient (Wildman–Crippen LogP) is 1.66. The molecule has 0 aliphatic carbocycles. The van der Waals surface area contributed by atoms with Crippen LogP contribution < -0.4 is 5.32 Å². The summed E-state index contributed by atoms with van der Waals surface area (Å²) in [5, 5.41) is 3.20. The average molecular weight is 274 g/mol. The van der Waals surface area contributed by atoms with Crippen molar-refractivity contribution in [1.29, 1.82) is 0 Å².